The van der Waals surface area contributed by atoms with E-state index < -0.39 is 0 Å². The normalized spacial score (nSPS) is 10.3. The summed E-state index contributed by atoms with van der Waals surface area (Å²) in [5.74, 6) is -0.0858. The Labute approximate surface area is 142 Å². The SMILES string of the molecule is C=CCNc1nc(-c2ccc(NC(=O)c3cccs3)cc2)cs1. The second kappa shape index (κ2) is 7.21. The summed E-state index contributed by atoms with van der Waals surface area (Å²) in [6.45, 7) is 4.37. The molecule has 0 unspecified atom stereocenters. The molecule has 0 atom stereocenters. The van der Waals surface area contributed by atoms with Crippen molar-refractivity contribution in [3.05, 3.63) is 64.7 Å². The molecule has 0 fully saturated rings. The second-order valence-corrected chi connectivity index (χ2v) is 6.52. The van der Waals surface area contributed by atoms with Gasteiger partial charge in [-0.25, -0.2) is 4.98 Å². The van der Waals surface area contributed by atoms with Gasteiger partial charge < -0.3 is 10.6 Å². The van der Waals surface area contributed by atoms with Crippen molar-refractivity contribution in [3.8, 4) is 11.3 Å². The van der Waals surface area contributed by atoms with Crippen molar-refractivity contribution in [2.75, 3.05) is 17.2 Å². The van der Waals surface area contributed by atoms with Gasteiger partial charge in [-0.05, 0) is 23.6 Å². The summed E-state index contributed by atoms with van der Waals surface area (Å²) < 4.78 is 0. The highest BCUT2D eigenvalue weighted by Crippen LogP contribution is 2.26. The second-order valence-electron chi connectivity index (χ2n) is 4.72. The Morgan fingerprint density at radius 3 is 2.74 bits per heavy atom. The van der Waals surface area contributed by atoms with Crippen molar-refractivity contribution in [3.63, 3.8) is 0 Å². The Hall–Kier alpha value is -2.44. The van der Waals surface area contributed by atoms with E-state index in [2.05, 4.69) is 22.2 Å². The van der Waals surface area contributed by atoms with Gasteiger partial charge in [0.1, 0.15) is 0 Å². The first-order chi connectivity index (χ1) is 11.3. The Morgan fingerprint density at radius 2 is 2.04 bits per heavy atom. The van der Waals surface area contributed by atoms with E-state index in [0.29, 0.717) is 11.4 Å². The number of carbonyl (C=O) groups is 1. The maximum atomic E-state index is 12.0. The first-order valence-corrected chi connectivity index (χ1v) is 8.78. The molecule has 0 saturated heterocycles. The van der Waals surface area contributed by atoms with Crippen LogP contribution in [0.4, 0.5) is 10.8 Å². The lowest BCUT2D eigenvalue weighted by atomic mass is 10.1. The highest BCUT2D eigenvalue weighted by atomic mass is 32.1. The van der Waals surface area contributed by atoms with Crippen LogP contribution in [-0.2, 0) is 0 Å². The van der Waals surface area contributed by atoms with Gasteiger partial charge in [-0.1, -0.05) is 24.3 Å². The Balaban J connectivity index is 1.68. The smallest absolute Gasteiger partial charge is 0.265 e. The fourth-order valence-electron chi connectivity index (χ4n) is 1.97. The summed E-state index contributed by atoms with van der Waals surface area (Å²) in [5.41, 5.74) is 2.70. The fraction of sp³-hybridized carbons (Fsp3) is 0.0588. The van der Waals surface area contributed by atoms with Gasteiger partial charge in [0.05, 0.1) is 10.6 Å². The summed E-state index contributed by atoms with van der Waals surface area (Å²) in [5, 5.41) is 10.8. The van der Waals surface area contributed by atoms with E-state index in [4.69, 9.17) is 0 Å². The zero-order valence-electron chi connectivity index (χ0n) is 12.3. The van der Waals surface area contributed by atoms with Crippen LogP contribution in [0, 0.1) is 0 Å². The Kier molecular flexibility index (Phi) is 4.85. The third-order valence-corrected chi connectivity index (χ3v) is 4.75. The van der Waals surface area contributed by atoms with Crippen LogP contribution < -0.4 is 10.6 Å². The number of carbonyl (C=O) groups excluding carboxylic acids is 1. The van der Waals surface area contributed by atoms with Gasteiger partial charge in [0.15, 0.2) is 5.13 Å². The largest absolute Gasteiger partial charge is 0.358 e. The number of nitrogens with one attached hydrogen (secondary N) is 2. The number of aromatic nitrogens is 1. The predicted octanol–water partition coefficient (Wildman–Crippen LogP) is 4.72. The minimum atomic E-state index is -0.0858. The summed E-state index contributed by atoms with van der Waals surface area (Å²) >= 11 is 2.98. The maximum Gasteiger partial charge on any atom is 0.265 e. The maximum absolute atomic E-state index is 12.0. The standard InChI is InChI=1S/C17H15N3OS2/c1-2-9-18-17-20-14(11-23-17)12-5-7-13(8-6-12)19-16(21)15-4-3-10-22-15/h2-8,10-11H,1,9H2,(H,18,20)(H,19,21). The van der Waals surface area contributed by atoms with Crippen molar-refractivity contribution in [1.29, 1.82) is 0 Å². The number of benzene rings is 1. The molecule has 0 spiro atoms. The number of thiazole rings is 1. The van der Waals surface area contributed by atoms with E-state index in [1.54, 1.807) is 23.5 Å². The van der Waals surface area contributed by atoms with Gasteiger partial charge in [-0.15, -0.1) is 29.3 Å². The minimum absolute atomic E-state index is 0.0858. The van der Waals surface area contributed by atoms with Crippen LogP contribution in [0.15, 0.2) is 59.8 Å². The van der Waals surface area contributed by atoms with Crippen molar-refractivity contribution in [2.24, 2.45) is 0 Å². The molecule has 0 aliphatic carbocycles. The minimum Gasteiger partial charge on any atom is -0.358 e. The molecule has 1 amide bonds. The first-order valence-electron chi connectivity index (χ1n) is 7.02. The molecule has 116 valence electrons. The highest BCUT2D eigenvalue weighted by molar-refractivity contribution is 7.14. The summed E-state index contributed by atoms with van der Waals surface area (Å²) in [6.07, 6.45) is 1.80. The molecule has 4 nitrogen and oxygen atoms in total. The van der Waals surface area contributed by atoms with E-state index in [9.17, 15) is 4.79 Å². The average molecular weight is 341 g/mol. The van der Waals surface area contributed by atoms with E-state index in [-0.39, 0.29) is 5.91 Å². The van der Waals surface area contributed by atoms with Crippen LogP contribution in [0.3, 0.4) is 0 Å². The van der Waals surface area contributed by atoms with Gasteiger partial charge in [0.2, 0.25) is 0 Å². The van der Waals surface area contributed by atoms with Crippen LogP contribution >= 0.6 is 22.7 Å². The van der Waals surface area contributed by atoms with Gasteiger partial charge in [0, 0.05) is 23.2 Å². The van der Waals surface area contributed by atoms with Gasteiger partial charge in [0.25, 0.3) is 5.91 Å². The molecule has 0 bridgehead atoms. The van der Waals surface area contributed by atoms with Crippen LogP contribution in [0.2, 0.25) is 0 Å². The molecule has 3 aromatic rings. The van der Waals surface area contributed by atoms with Crippen LogP contribution in [0.25, 0.3) is 11.3 Å². The molecule has 0 aliphatic rings. The molecule has 0 saturated carbocycles. The van der Waals surface area contributed by atoms with Crippen molar-refractivity contribution >= 4 is 39.4 Å². The molecule has 2 N–H and O–H groups in total. The third-order valence-electron chi connectivity index (χ3n) is 3.09. The number of anilines is 2. The summed E-state index contributed by atoms with van der Waals surface area (Å²) in [7, 11) is 0. The average Bonchev–Trinajstić information content (AvgIpc) is 3.25. The molecular weight excluding hydrogens is 326 g/mol. The van der Waals surface area contributed by atoms with Gasteiger partial charge in [-0.2, -0.15) is 0 Å². The van der Waals surface area contributed by atoms with Crippen LogP contribution in [0.5, 0.6) is 0 Å². The molecule has 2 heterocycles. The molecule has 2 aromatic heterocycles. The fourth-order valence-corrected chi connectivity index (χ4v) is 3.32. The number of thiophene rings is 1. The molecular formula is C17H15N3OS2. The Morgan fingerprint density at radius 1 is 1.22 bits per heavy atom. The lowest BCUT2D eigenvalue weighted by molar-refractivity contribution is 0.103. The number of hydrogen-bond donors (Lipinski definition) is 2. The predicted molar refractivity (Wildman–Crippen MR) is 98.5 cm³/mol. The van der Waals surface area contributed by atoms with Gasteiger partial charge >= 0.3 is 0 Å². The molecule has 1 aromatic carbocycles. The van der Waals surface area contributed by atoms with Crippen molar-refractivity contribution < 1.29 is 4.79 Å². The number of nitrogens with zero attached hydrogens (tertiary/aromatic N) is 1. The highest BCUT2D eigenvalue weighted by Gasteiger charge is 2.08. The van der Waals surface area contributed by atoms with E-state index in [0.717, 1.165) is 22.1 Å². The van der Waals surface area contributed by atoms with E-state index in [1.807, 2.05) is 41.1 Å². The Bertz CT molecular complexity index is 792. The quantitative estimate of drug-likeness (QED) is 0.638. The number of amides is 1. The zero-order chi connectivity index (χ0) is 16.1. The summed E-state index contributed by atoms with van der Waals surface area (Å²) in [6, 6.07) is 11.4. The van der Waals surface area contributed by atoms with Crippen molar-refractivity contribution in [1.82, 2.24) is 4.98 Å². The lowest BCUT2D eigenvalue weighted by Crippen LogP contribution is -2.09. The molecule has 23 heavy (non-hydrogen) atoms. The van der Waals surface area contributed by atoms with Crippen LogP contribution in [-0.4, -0.2) is 17.4 Å². The molecule has 6 heteroatoms. The monoisotopic (exact) mass is 341 g/mol. The van der Waals surface area contributed by atoms with Crippen molar-refractivity contribution in [2.45, 2.75) is 0 Å². The molecule has 0 radical (unpaired) electrons. The van der Waals surface area contributed by atoms with Gasteiger partial charge in [-0.3, -0.25) is 4.79 Å². The molecule has 0 aliphatic heterocycles. The zero-order valence-corrected chi connectivity index (χ0v) is 13.9. The topological polar surface area (TPSA) is 54.0 Å². The lowest BCUT2D eigenvalue weighted by Gasteiger charge is -2.04. The number of hydrogen-bond acceptors (Lipinski definition) is 5. The number of rotatable bonds is 6. The van der Waals surface area contributed by atoms with Crippen LogP contribution in [0.1, 0.15) is 9.67 Å². The van der Waals surface area contributed by atoms with E-state index in [1.165, 1.54) is 11.3 Å². The third kappa shape index (κ3) is 3.85. The molecule has 3 rings (SSSR count). The first kappa shape index (κ1) is 15.5. The van der Waals surface area contributed by atoms with E-state index >= 15 is 0 Å². The summed E-state index contributed by atoms with van der Waals surface area (Å²) in [4.78, 5) is 17.2.